The Morgan fingerprint density at radius 3 is 2.12 bits per heavy atom. The van der Waals surface area contributed by atoms with E-state index in [1.165, 1.54) is 5.56 Å². The van der Waals surface area contributed by atoms with Gasteiger partial charge < -0.3 is 0 Å². The molecule has 1 aromatic rings. The van der Waals surface area contributed by atoms with Gasteiger partial charge in [0.1, 0.15) is 0 Å². The van der Waals surface area contributed by atoms with Gasteiger partial charge >= 0.3 is 57.2 Å². The van der Waals surface area contributed by atoms with Crippen molar-refractivity contribution in [1.29, 1.82) is 0 Å². The molecule has 0 unspecified atom stereocenters. The molecule has 0 aromatic heterocycles. The molecule has 1 aromatic carbocycles. The Bertz CT molecular complexity index is 146. The van der Waals surface area contributed by atoms with E-state index in [9.17, 15) is 0 Å². The number of rotatable bonds is 1. The van der Waals surface area contributed by atoms with Crippen LogP contribution in [-0.4, -0.2) is 16.0 Å². The van der Waals surface area contributed by atoms with Gasteiger partial charge in [-0.05, 0) is 0 Å². The molecule has 40 valence electrons. The third-order valence-corrected chi connectivity index (χ3v) is 1.71. The van der Waals surface area contributed by atoms with Crippen LogP contribution in [0.25, 0.3) is 0 Å². The van der Waals surface area contributed by atoms with Gasteiger partial charge in [0.05, 0.1) is 0 Å². The van der Waals surface area contributed by atoms with Gasteiger partial charge in [0, 0.05) is 0 Å². The fourth-order valence-electron chi connectivity index (χ4n) is 0.574. The minimum atomic E-state index is 1.01. The van der Waals surface area contributed by atoms with Gasteiger partial charge in [-0.15, -0.1) is 0 Å². The van der Waals surface area contributed by atoms with Crippen LogP contribution in [0, 0.1) is 0 Å². The topological polar surface area (TPSA) is 0 Å². The van der Waals surface area contributed by atoms with E-state index < -0.39 is 0 Å². The fraction of sp³-hybridized carbons (Fsp3) is 0.143. The molecular weight excluding hydrogens is 163 g/mol. The van der Waals surface area contributed by atoms with Crippen molar-refractivity contribution in [1.82, 2.24) is 0 Å². The van der Waals surface area contributed by atoms with Crippen LogP contribution in [0.2, 0.25) is 0 Å². The van der Waals surface area contributed by atoms with Gasteiger partial charge in [-0.1, -0.05) is 0 Å². The minimum absolute atomic E-state index is 1.01. The summed E-state index contributed by atoms with van der Waals surface area (Å²) in [5.41, 5.74) is 1.35. The Morgan fingerprint density at radius 1 is 1.12 bits per heavy atom. The maximum absolute atomic E-state index is 2.96. The summed E-state index contributed by atoms with van der Waals surface area (Å²) in [5, 5.41) is 1.01. The normalized spacial score (nSPS) is 9.12. The molecule has 1 rings (SSSR count). The molecule has 0 atom stereocenters. The SMILES string of the molecule is [Se+]Cc1ccccc1. The van der Waals surface area contributed by atoms with Crippen LogP contribution in [0.1, 0.15) is 5.56 Å². The second-order valence-electron chi connectivity index (χ2n) is 1.63. The molecule has 0 saturated heterocycles. The van der Waals surface area contributed by atoms with Gasteiger partial charge in [-0.2, -0.15) is 0 Å². The van der Waals surface area contributed by atoms with Crippen molar-refractivity contribution in [3.63, 3.8) is 0 Å². The van der Waals surface area contributed by atoms with Gasteiger partial charge in [0.15, 0.2) is 0 Å². The summed E-state index contributed by atoms with van der Waals surface area (Å²) in [6.45, 7) is 0. The van der Waals surface area contributed by atoms with Crippen molar-refractivity contribution in [3.8, 4) is 0 Å². The maximum atomic E-state index is 2.96. The van der Waals surface area contributed by atoms with Gasteiger partial charge in [0.25, 0.3) is 0 Å². The number of benzene rings is 1. The zero-order valence-corrected chi connectivity index (χ0v) is 6.22. The van der Waals surface area contributed by atoms with E-state index in [0.717, 1.165) is 5.32 Å². The Morgan fingerprint density at radius 2 is 1.75 bits per heavy atom. The molecule has 0 saturated carbocycles. The summed E-state index contributed by atoms with van der Waals surface area (Å²) in [5.74, 6) is 0. The molecule has 0 nitrogen and oxygen atoms in total. The first kappa shape index (κ1) is 5.87. The second kappa shape index (κ2) is 2.91. The number of hydrogen-bond donors (Lipinski definition) is 0. The van der Waals surface area contributed by atoms with E-state index in [-0.39, 0.29) is 0 Å². The predicted octanol–water partition coefficient (Wildman–Crippen LogP) is 1.36. The van der Waals surface area contributed by atoms with Gasteiger partial charge in [-0.3, -0.25) is 0 Å². The molecule has 0 bridgehead atoms. The van der Waals surface area contributed by atoms with E-state index in [4.69, 9.17) is 0 Å². The second-order valence-corrected chi connectivity index (χ2v) is 2.24. The van der Waals surface area contributed by atoms with Crippen molar-refractivity contribution >= 4 is 16.0 Å². The van der Waals surface area contributed by atoms with Crippen LogP contribution in [0.5, 0.6) is 0 Å². The number of hydrogen-bond acceptors (Lipinski definition) is 0. The summed E-state index contributed by atoms with van der Waals surface area (Å²) < 4.78 is 0. The monoisotopic (exact) mass is 171 g/mol. The van der Waals surface area contributed by atoms with E-state index >= 15 is 0 Å². The third kappa shape index (κ3) is 1.36. The van der Waals surface area contributed by atoms with Crippen LogP contribution in [-0.2, 0) is 5.32 Å². The fourth-order valence-corrected chi connectivity index (χ4v) is 0.978. The van der Waals surface area contributed by atoms with E-state index in [1.807, 2.05) is 18.2 Å². The summed E-state index contributed by atoms with van der Waals surface area (Å²) >= 11 is 2.96. The molecule has 1 heteroatoms. The van der Waals surface area contributed by atoms with E-state index in [1.54, 1.807) is 0 Å². The van der Waals surface area contributed by atoms with Crippen molar-refractivity contribution in [2.75, 3.05) is 0 Å². The summed E-state index contributed by atoms with van der Waals surface area (Å²) in [4.78, 5) is 0. The molecule has 0 aliphatic heterocycles. The molecule has 0 N–H and O–H groups in total. The Kier molecular flexibility index (Phi) is 2.13. The van der Waals surface area contributed by atoms with E-state index in [2.05, 4.69) is 28.1 Å². The molecule has 0 spiro atoms. The van der Waals surface area contributed by atoms with Crippen LogP contribution in [0.4, 0.5) is 0 Å². The Hall–Kier alpha value is -0.261. The van der Waals surface area contributed by atoms with Crippen molar-refractivity contribution in [2.45, 2.75) is 5.32 Å². The zero-order valence-electron chi connectivity index (χ0n) is 4.50. The molecule has 0 amide bonds. The third-order valence-electron chi connectivity index (χ3n) is 1.01. The van der Waals surface area contributed by atoms with Crippen molar-refractivity contribution in [2.24, 2.45) is 0 Å². The average molecular weight is 170 g/mol. The van der Waals surface area contributed by atoms with Crippen molar-refractivity contribution < 1.29 is 0 Å². The first-order chi connectivity index (χ1) is 3.93. The molecule has 2 radical (unpaired) electrons. The van der Waals surface area contributed by atoms with E-state index in [0.29, 0.717) is 0 Å². The zero-order chi connectivity index (χ0) is 5.82. The van der Waals surface area contributed by atoms with Crippen molar-refractivity contribution in [3.05, 3.63) is 35.9 Å². The summed E-state index contributed by atoms with van der Waals surface area (Å²) in [7, 11) is 0. The molecule has 0 aliphatic rings. The average Bonchev–Trinajstić information content (AvgIpc) is 1.90. The Balaban J connectivity index is 2.83. The molecule has 0 fully saturated rings. The quantitative estimate of drug-likeness (QED) is 0.558. The molecule has 0 aliphatic carbocycles. The summed E-state index contributed by atoms with van der Waals surface area (Å²) in [6, 6.07) is 10.3. The first-order valence-electron chi connectivity index (χ1n) is 2.55. The van der Waals surface area contributed by atoms with Crippen LogP contribution in [0.15, 0.2) is 30.3 Å². The van der Waals surface area contributed by atoms with Crippen LogP contribution in [0.3, 0.4) is 0 Å². The van der Waals surface area contributed by atoms with Gasteiger partial charge in [-0.25, -0.2) is 0 Å². The first-order valence-corrected chi connectivity index (χ1v) is 3.76. The summed E-state index contributed by atoms with van der Waals surface area (Å²) in [6.07, 6.45) is 0. The van der Waals surface area contributed by atoms with Gasteiger partial charge in [0.2, 0.25) is 0 Å². The standard InChI is InChI=1S/C7H7Se/c8-6-7-4-2-1-3-5-7/h1-5H,6H2/q+1. The molecule has 0 heterocycles. The van der Waals surface area contributed by atoms with Crippen LogP contribution < -0.4 is 0 Å². The van der Waals surface area contributed by atoms with Crippen LogP contribution >= 0.6 is 0 Å². The molecule has 8 heavy (non-hydrogen) atoms. The Labute approximate surface area is 57.7 Å². The molecular formula is C7H7Se+. The predicted molar refractivity (Wildman–Crippen MR) is 35.9 cm³/mol.